The van der Waals surface area contributed by atoms with Crippen molar-refractivity contribution >= 4 is 59.7 Å². The SMILES string of the molecule is C.C.C.C.C.C.C.C.C.C.C.C.C.C.CCC(C)(C)C(=O)OC1(CC)CC2CC1C1C3CCC(C3)C21.CCC(C)(C)C(=O)OC1(CC)CC2CC1C1C3CCC(C3)C21.CCC(C)(C)C(=O)OC12CC3CC(CC(O)(C3)C1)C2.CCC(C)(C)C(=O)OC12CC3CC(CC(O)(C3)C1)C2.CCC(C)(C)C(=O)OC1C2CC3C(=O)OC1C3C2.CCC(C)(C)C(=O)OC1C2CC3C(=O)OC1C3O2.CCC(C)(C)C(=O)OC1C2CC3C(=O)OC1C3O2. The highest BCUT2D eigenvalue weighted by Crippen LogP contribution is 2.74. The quantitative estimate of drug-likeness (QED) is 0.0545. The van der Waals surface area contributed by atoms with Crippen molar-refractivity contribution in [3.05, 3.63) is 0 Å². The van der Waals surface area contributed by atoms with Gasteiger partial charge in [0, 0.05) is 36.5 Å². The molecule has 24 heteroatoms. The molecular formula is C126H228O24. The molecule has 7 saturated heterocycles. The van der Waals surface area contributed by atoms with Gasteiger partial charge in [-0.25, -0.2) is 0 Å². The zero-order chi connectivity index (χ0) is 98.4. The Morgan fingerprint density at radius 1 is 0.287 bits per heavy atom. The summed E-state index contributed by atoms with van der Waals surface area (Å²) in [5.74, 6) is 12.1. The van der Waals surface area contributed by atoms with Crippen LogP contribution >= 0.6 is 0 Å². The first kappa shape index (κ1) is 139. The lowest BCUT2D eigenvalue weighted by Crippen LogP contribution is -2.61. The number of carbonyl (C=O) groups excluding carboxylic acids is 10. The largest absolute Gasteiger partial charge is 0.459 e. The van der Waals surface area contributed by atoms with Crippen molar-refractivity contribution in [2.45, 2.75) is 583 Å². The van der Waals surface area contributed by atoms with Gasteiger partial charge in [-0.05, 0) is 392 Å². The Hall–Kier alpha value is -5.46. The first-order valence-corrected chi connectivity index (χ1v) is 54.6. The summed E-state index contributed by atoms with van der Waals surface area (Å²) in [6, 6.07) is 0. The highest BCUT2D eigenvalue weighted by Gasteiger charge is 2.73. The van der Waals surface area contributed by atoms with E-state index in [2.05, 4.69) is 27.7 Å². The Kier molecular flexibility index (Phi) is 45.8. The third kappa shape index (κ3) is 24.8. The van der Waals surface area contributed by atoms with Crippen molar-refractivity contribution in [2.24, 2.45) is 162 Å². The molecule has 150 heavy (non-hydrogen) atoms. The average Bonchev–Trinajstić information content (AvgIpc) is 1.53. The summed E-state index contributed by atoms with van der Waals surface area (Å²) in [4.78, 5) is 121. The molecular weight excluding hydrogens is 1900 g/mol. The molecule has 0 spiro atoms. The van der Waals surface area contributed by atoms with Gasteiger partial charge in [-0.2, -0.15) is 0 Å². The summed E-state index contributed by atoms with van der Waals surface area (Å²) >= 11 is 0. The van der Waals surface area contributed by atoms with E-state index in [0.717, 1.165) is 181 Å². The molecule has 33 atom stereocenters. The number of ether oxygens (including phenoxy) is 12. The van der Waals surface area contributed by atoms with E-state index in [9.17, 15) is 58.2 Å². The van der Waals surface area contributed by atoms with Gasteiger partial charge < -0.3 is 67.1 Å². The van der Waals surface area contributed by atoms with E-state index in [1.807, 2.05) is 132 Å². The van der Waals surface area contributed by atoms with Crippen molar-refractivity contribution in [3.63, 3.8) is 0 Å². The third-order valence-electron chi connectivity index (χ3n) is 41.9. The van der Waals surface area contributed by atoms with Gasteiger partial charge >= 0.3 is 59.7 Å². The number of hydrogen-bond acceptors (Lipinski definition) is 24. The smallest absolute Gasteiger partial charge is 0.312 e. The maximum absolute atomic E-state index is 12.7. The standard InChI is InChI=1S/2C20H32O2.2C16H26O3.C14H20O4.2C13H18O5.14CH4/c2*1-5-19(3,4)18(21)22-20(6-2)11-14-10-15(20)17-13-8-7-12(9-13)16(14)17;2*1-4-14(2,3)13(17)19-16-8-11-5-12(9-16)7-15(18,6-11)10-16;1-4-14(2,3)13(16)18-10-7-5-8-9(6-7)12(15)17-11(8)10;2*1-4-13(2,3)12(15)18-9-7-5-6-8(16-7)10(9)17-11(6)14;;;;;;;;;;;;;;/h2*12-17H,5-11H2,1-4H3;2*11-12,18H,4-10H2,1-3H3;7-11H,4-6H2,1-3H3;2*6-10H,4-5H2,1-3H3;14*1H4. The molecule has 22 bridgehead atoms. The lowest BCUT2D eigenvalue weighted by molar-refractivity contribution is -0.226. The molecule has 18 aliphatic carbocycles. The second kappa shape index (κ2) is 49.6. The predicted octanol–water partition coefficient (Wildman–Crippen LogP) is 28.6. The van der Waals surface area contributed by atoms with Crippen LogP contribution in [0.15, 0.2) is 0 Å². The summed E-state index contributed by atoms with van der Waals surface area (Å²) in [6.45, 7) is 45.7. The monoisotopic (exact) mass is 2130 g/mol. The molecule has 876 valence electrons. The van der Waals surface area contributed by atoms with Crippen LogP contribution in [0.2, 0.25) is 0 Å². The van der Waals surface area contributed by atoms with Crippen LogP contribution in [0.25, 0.3) is 0 Å². The summed E-state index contributed by atoms with van der Waals surface area (Å²) < 4.78 is 68.5. The second-order valence-corrected chi connectivity index (χ2v) is 53.2. The van der Waals surface area contributed by atoms with Crippen molar-refractivity contribution in [2.75, 3.05) is 0 Å². The normalized spacial score (nSPS) is 40.3. The van der Waals surface area contributed by atoms with Gasteiger partial charge in [0.25, 0.3) is 0 Å². The maximum Gasteiger partial charge on any atom is 0.312 e. The van der Waals surface area contributed by atoms with Crippen molar-refractivity contribution < 1.29 is 115 Å². The molecule has 25 aliphatic rings. The van der Waals surface area contributed by atoms with Crippen LogP contribution in [0.1, 0.15) is 488 Å². The molecule has 7 heterocycles. The van der Waals surface area contributed by atoms with Crippen LogP contribution in [0.5, 0.6) is 0 Å². The average molecular weight is 2130 g/mol. The zero-order valence-electron chi connectivity index (χ0n) is 87.0. The Balaban J connectivity index is 0.000000443. The molecule has 0 amide bonds. The summed E-state index contributed by atoms with van der Waals surface area (Å²) in [5.41, 5.74) is -5.04. The second-order valence-electron chi connectivity index (χ2n) is 53.2. The lowest BCUT2D eigenvalue weighted by Gasteiger charge is -2.59. The van der Waals surface area contributed by atoms with E-state index < -0.39 is 62.7 Å². The van der Waals surface area contributed by atoms with E-state index in [4.69, 9.17) is 56.8 Å². The Labute approximate surface area is 914 Å². The van der Waals surface area contributed by atoms with Crippen LogP contribution < -0.4 is 0 Å². The number of carbonyl (C=O) groups is 10. The predicted molar refractivity (Wildman–Crippen MR) is 598 cm³/mol. The fraction of sp³-hybridized carbons (Fsp3) is 0.921. The molecule has 25 fully saturated rings. The summed E-state index contributed by atoms with van der Waals surface area (Å²) in [7, 11) is 0. The van der Waals surface area contributed by atoms with E-state index in [1.54, 1.807) is 0 Å². The highest BCUT2D eigenvalue weighted by molar-refractivity contribution is 5.82. The van der Waals surface area contributed by atoms with Crippen LogP contribution in [0.4, 0.5) is 0 Å². The molecule has 33 unspecified atom stereocenters. The van der Waals surface area contributed by atoms with Gasteiger partial charge in [-0.3, -0.25) is 47.9 Å². The van der Waals surface area contributed by atoms with Crippen molar-refractivity contribution in [1.29, 1.82) is 0 Å². The van der Waals surface area contributed by atoms with Gasteiger partial charge in [0.15, 0.2) is 24.4 Å². The third-order valence-corrected chi connectivity index (χ3v) is 41.9. The van der Waals surface area contributed by atoms with E-state index in [1.165, 1.54) is 64.2 Å². The van der Waals surface area contributed by atoms with E-state index in [0.29, 0.717) is 85.9 Å². The molecule has 0 aromatic carbocycles. The molecule has 18 saturated carbocycles. The first-order valence-electron chi connectivity index (χ1n) is 54.6. The van der Waals surface area contributed by atoms with Crippen LogP contribution in [0, 0.1) is 162 Å². The maximum atomic E-state index is 12.7. The van der Waals surface area contributed by atoms with Crippen LogP contribution in [-0.4, -0.2) is 165 Å². The fourth-order valence-corrected chi connectivity index (χ4v) is 32.1. The fourth-order valence-electron chi connectivity index (χ4n) is 32.1. The lowest BCUT2D eigenvalue weighted by atomic mass is 9.52. The Morgan fingerprint density at radius 2 is 0.560 bits per heavy atom. The molecule has 0 aromatic rings. The van der Waals surface area contributed by atoms with Gasteiger partial charge in [-0.15, -0.1) is 0 Å². The van der Waals surface area contributed by atoms with Crippen molar-refractivity contribution in [3.8, 4) is 0 Å². The molecule has 7 aliphatic heterocycles. The molecule has 0 aromatic heterocycles. The summed E-state index contributed by atoms with van der Waals surface area (Å²) in [6.07, 6.45) is 32.9. The molecule has 2 N–H and O–H groups in total. The minimum Gasteiger partial charge on any atom is -0.459 e. The molecule has 0 radical (unpaired) electrons. The minimum atomic E-state index is -0.555. The zero-order valence-corrected chi connectivity index (χ0v) is 87.0. The van der Waals surface area contributed by atoms with E-state index >= 15 is 0 Å². The van der Waals surface area contributed by atoms with Gasteiger partial charge in [0.2, 0.25) is 0 Å². The van der Waals surface area contributed by atoms with Gasteiger partial charge in [0.1, 0.15) is 46.8 Å². The van der Waals surface area contributed by atoms with Crippen LogP contribution in [0.3, 0.4) is 0 Å². The number of esters is 10. The van der Waals surface area contributed by atoms with Gasteiger partial charge in [-0.1, -0.05) is 166 Å². The first-order chi connectivity index (χ1) is 63.7. The topological polar surface area (TPSA) is 322 Å². The number of hydrogen-bond donors (Lipinski definition) is 2. The minimum absolute atomic E-state index is 0. The number of fused-ring (bicyclic) bond motifs is 21. The van der Waals surface area contributed by atoms with E-state index in [-0.39, 0.29) is 251 Å². The van der Waals surface area contributed by atoms with Crippen LogP contribution in [-0.2, 0) is 105 Å². The Bertz CT molecular complexity index is 4160. The number of rotatable bonds is 23. The van der Waals surface area contributed by atoms with Gasteiger partial charge in [0.05, 0.1) is 79.1 Å². The highest BCUT2D eigenvalue weighted by atomic mass is 16.7. The Morgan fingerprint density at radius 3 is 0.853 bits per heavy atom. The summed E-state index contributed by atoms with van der Waals surface area (Å²) in [5, 5.41) is 21.3. The molecule has 24 nitrogen and oxygen atoms in total. The molecule has 25 rings (SSSR count). The number of aliphatic hydroxyl groups is 2. The van der Waals surface area contributed by atoms with Crippen molar-refractivity contribution in [1.82, 2.24) is 0 Å².